The van der Waals surface area contributed by atoms with Crippen LogP contribution in [-0.4, -0.2) is 31.3 Å². The number of nitrogens with one attached hydrogen (secondary N) is 1. The summed E-state index contributed by atoms with van der Waals surface area (Å²) in [6.45, 7) is 2.74. The van der Waals surface area contributed by atoms with E-state index in [4.69, 9.17) is 9.47 Å². The largest absolute Gasteiger partial charge is 0.488 e. The first kappa shape index (κ1) is 14.3. The zero-order valence-corrected chi connectivity index (χ0v) is 12.1. The Kier molecular flexibility index (Phi) is 5.16. The van der Waals surface area contributed by atoms with Gasteiger partial charge in [-0.1, -0.05) is 0 Å². The molecule has 1 aromatic rings. The van der Waals surface area contributed by atoms with Gasteiger partial charge >= 0.3 is 0 Å². The van der Waals surface area contributed by atoms with Gasteiger partial charge in [0.25, 0.3) is 0 Å². The highest BCUT2D eigenvalue weighted by Gasteiger charge is 2.23. The Labute approximate surface area is 115 Å². The number of rotatable bonds is 5. The zero-order chi connectivity index (χ0) is 13.7. The first-order valence-corrected chi connectivity index (χ1v) is 7.03. The minimum Gasteiger partial charge on any atom is -0.488 e. The molecule has 2 unspecified atom stereocenters. The topological polar surface area (TPSA) is 43.4 Å². The Morgan fingerprint density at radius 1 is 1.32 bits per heavy atom. The SMILES string of the molecule is CNCc1nc(C)ccc1OC1CCCC(OC)C1. The maximum absolute atomic E-state index is 6.14. The fourth-order valence-corrected chi connectivity index (χ4v) is 2.60. The Morgan fingerprint density at radius 2 is 2.11 bits per heavy atom. The van der Waals surface area contributed by atoms with Crippen molar-refractivity contribution in [1.82, 2.24) is 10.3 Å². The summed E-state index contributed by atoms with van der Waals surface area (Å²) in [5, 5.41) is 3.14. The first-order chi connectivity index (χ1) is 9.22. The van der Waals surface area contributed by atoms with Gasteiger partial charge in [-0.2, -0.15) is 0 Å². The summed E-state index contributed by atoms with van der Waals surface area (Å²) < 4.78 is 11.6. The lowest BCUT2D eigenvalue weighted by molar-refractivity contribution is 0.0205. The van der Waals surface area contributed by atoms with Crippen LogP contribution < -0.4 is 10.1 Å². The van der Waals surface area contributed by atoms with Crippen LogP contribution in [0.5, 0.6) is 5.75 Å². The van der Waals surface area contributed by atoms with E-state index in [1.807, 2.05) is 26.1 Å². The summed E-state index contributed by atoms with van der Waals surface area (Å²) >= 11 is 0. The van der Waals surface area contributed by atoms with Crippen molar-refractivity contribution in [2.75, 3.05) is 14.2 Å². The van der Waals surface area contributed by atoms with Crippen molar-refractivity contribution in [2.45, 2.75) is 51.4 Å². The molecule has 1 aliphatic carbocycles. The summed E-state index contributed by atoms with van der Waals surface area (Å²) in [6, 6.07) is 4.04. The zero-order valence-electron chi connectivity index (χ0n) is 12.1. The van der Waals surface area contributed by atoms with Gasteiger partial charge in [-0.25, -0.2) is 0 Å². The molecular weight excluding hydrogens is 240 g/mol. The van der Waals surface area contributed by atoms with Gasteiger partial charge < -0.3 is 14.8 Å². The van der Waals surface area contributed by atoms with Gasteiger partial charge in [0.2, 0.25) is 0 Å². The second-order valence-corrected chi connectivity index (χ2v) is 5.19. The van der Waals surface area contributed by atoms with Crippen LogP contribution in [-0.2, 0) is 11.3 Å². The highest BCUT2D eigenvalue weighted by molar-refractivity contribution is 5.29. The highest BCUT2D eigenvalue weighted by Crippen LogP contribution is 2.26. The molecular formula is C15H24N2O2. The Hall–Kier alpha value is -1.13. The summed E-state index contributed by atoms with van der Waals surface area (Å²) in [7, 11) is 3.71. The average molecular weight is 264 g/mol. The standard InChI is InChI=1S/C15H24N2O2/c1-11-7-8-15(14(17-11)10-16-2)19-13-6-4-5-12(9-13)18-3/h7-8,12-13,16H,4-6,9-10H2,1-3H3. The smallest absolute Gasteiger partial charge is 0.142 e. The van der Waals surface area contributed by atoms with Crippen LogP contribution in [0.3, 0.4) is 0 Å². The molecule has 1 saturated carbocycles. The molecule has 0 spiro atoms. The molecule has 0 radical (unpaired) electrons. The molecule has 1 aromatic heterocycles. The van der Waals surface area contributed by atoms with Crippen LogP contribution in [0.4, 0.5) is 0 Å². The second kappa shape index (κ2) is 6.87. The molecule has 0 aromatic carbocycles. The highest BCUT2D eigenvalue weighted by atomic mass is 16.5. The Morgan fingerprint density at radius 3 is 2.84 bits per heavy atom. The van der Waals surface area contributed by atoms with E-state index in [0.717, 1.165) is 42.9 Å². The molecule has 0 saturated heterocycles. The summed E-state index contributed by atoms with van der Waals surface area (Å²) in [6.07, 6.45) is 4.98. The van der Waals surface area contributed by atoms with Crippen molar-refractivity contribution in [2.24, 2.45) is 0 Å². The maximum atomic E-state index is 6.14. The summed E-state index contributed by atoms with van der Waals surface area (Å²) in [4.78, 5) is 4.55. The molecule has 106 valence electrons. The van der Waals surface area contributed by atoms with Crippen LogP contribution in [0.15, 0.2) is 12.1 Å². The third-order valence-electron chi connectivity index (χ3n) is 3.62. The number of hydrogen-bond acceptors (Lipinski definition) is 4. The van der Waals surface area contributed by atoms with Crippen molar-refractivity contribution >= 4 is 0 Å². The molecule has 2 rings (SSSR count). The Bertz CT molecular complexity index is 409. The van der Waals surface area contributed by atoms with E-state index >= 15 is 0 Å². The second-order valence-electron chi connectivity index (χ2n) is 5.19. The van der Waals surface area contributed by atoms with Gasteiger partial charge in [0.05, 0.1) is 11.8 Å². The monoisotopic (exact) mass is 264 g/mol. The van der Waals surface area contributed by atoms with Crippen LogP contribution in [0.2, 0.25) is 0 Å². The molecule has 1 heterocycles. The van der Waals surface area contributed by atoms with Gasteiger partial charge in [0.15, 0.2) is 0 Å². The summed E-state index contributed by atoms with van der Waals surface area (Å²) in [5.74, 6) is 0.904. The molecule has 1 aliphatic rings. The van der Waals surface area contributed by atoms with Crippen LogP contribution in [0.1, 0.15) is 37.1 Å². The fourth-order valence-electron chi connectivity index (χ4n) is 2.60. The minimum atomic E-state index is 0.249. The molecule has 0 aliphatic heterocycles. The molecule has 1 fully saturated rings. The molecule has 0 amide bonds. The molecule has 2 atom stereocenters. The van der Waals surface area contributed by atoms with Crippen molar-refractivity contribution < 1.29 is 9.47 Å². The molecule has 4 nitrogen and oxygen atoms in total. The van der Waals surface area contributed by atoms with Gasteiger partial charge in [-0.05, 0) is 45.4 Å². The fraction of sp³-hybridized carbons (Fsp3) is 0.667. The number of pyridine rings is 1. The predicted octanol–water partition coefficient (Wildman–Crippen LogP) is 2.45. The van der Waals surface area contributed by atoms with E-state index in [-0.39, 0.29) is 6.10 Å². The number of nitrogens with zero attached hydrogens (tertiary/aromatic N) is 1. The number of aromatic nitrogens is 1. The minimum absolute atomic E-state index is 0.249. The number of hydrogen-bond donors (Lipinski definition) is 1. The molecule has 0 bridgehead atoms. The normalized spacial score (nSPS) is 23.3. The van der Waals surface area contributed by atoms with E-state index in [2.05, 4.69) is 10.3 Å². The number of methoxy groups -OCH3 is 1. The van der Waals surface area contributed by atoms with Crippen LogP contribution in [0.25, 0.3) is 0 Å². The van der Waals surface area contributed by atoms with E-state index in [1.165, 1.54) is 6.42 Å². The Balaban J connectivity index is 2.05. The summed E-state index contributed by atoms with van der Waals surface area (Å²) in [5.41, 5.74) is 2.01. The number of aryl methyl sites for hydroxylation is 1. The quantitative estimate of drug-likeness (QED) is 0.887. The van der Waals surface area contributed by atoms with Crippen LogP contribution >= 0.6 is 0 Å². The van der Waals surface area contributed by atoms with Gasteiger partial charge in [0.1, 0.15) is 11.9 Å². The van der Waals surface area contributed by atoms with Crippen molar-refractivity contribution in [3.8, 4) is 5.75 Å². The maximum Gasteiger partial charge on any atom is 0.142 e. The first-order valence-electron chi connectivity index (χ1n) is 7.03. The average Bonchev–Trinajstić information content (AvgIpc) is 2.42. The predicted molar refractivity (Wildman–Crippen MR) is 75.4 cm³/mol. The van der Waals surface area contributed by atoms with Crippen molar-refractivity contribution in [3.05, 3.63) is 23.5 Å². The van der Waals surface area contributed by atoms with Gasteiger partial charge in [0, 0.05) is 25.8 Å². The molecule has 1 N–H and O–H groups in total. The molecule has 4 heteroatoms. The lowest BCUT2D eigenvalue weighted by Crippen LogP contribution is -2.30. The van der Waals surface area contributed by atoms with Crippen molar-refractivity contribution in [3.63, 3.8) is 0 Å². The van der Waals surface area contributed by atoms with Crippen molar-refractivity contribution in [1.29, 1.82) is 0 Å². The van der Waals surface area contributed by atoms with Gasteiger partial charge in [-0.3, -0.25) is 4.98 Å². The van der Waals surface area contributed by atoms with E-state index in [9.17, 15) is 0 Å². The van der Waals surface area contributed by atoms with Crippen LogP contribution in [0, 0.1) is 6.92 Å². The lowest BCUT2D eigenvalue weighted by Gasteiger charge is -2.29. The van der Waals surface area contributed by atoms with E-state index < -0.39 is 0 Å². The molecule has 19 heavy (non-hydrogen) atoms. The lowest BCUT2D eigenvalue weighted by atomic mass is 9.95. The third kappa shape index (κ3) is 3.91. The van der Waals surface area contributed by atoms with E-state index in [1.54, 1.807) is 7.11 Å². The number of ether oxygens (including phenoxy) is 2. The van der Waals surface area contributed by atoms with E-state index in [0.29, 0.717) is 6.10 Å². The third-order valence-corrected chi connectivity index (χ3v) is 3.62. The van der Waals surface area contributed by atoms with Gasteiger partial charge in [-0.15, -0.1) is 0 Å².